The van der Waals surface area contributed by atoms with Crippen LogP contribution >= 0.6 is 0 Å². The summed E-state index contributed by atoms with van der Waals surface area (Å²) in [5.74, 6) is 0.766. The molecule has 1 N–H and O–H groups in total. The van der Waals surface area contributed by atoms with Crippen LogP contribution in [0.5, 0.6) is 0 Å². The zero-order chi connectivity index (χ0) is 19.3. The van der Waals surface area contributed by atoms with E-state index in [1.807, 2.05) is 26.2 Å². The van der Waals surface area contributed by atoms with Crippen molar-refractivity contribution in [1.29, 1.82) is 0 Å². The lowest BCUT2D eigenvalue weighted by Gasteiger charge is -2.21. The Kier molecular flexibility index (Phi) is 4.09. The van der Waals surface area contributed by atoms with Gasteiger partial charge < -0.3 is 5.32 Å². The average Bonchev–Trinajstić information content (AvgIpc) is 3.09. The number of hydrogen-bond acceptors (Lipinski definition) is 4. The highest BCUT2D eigenvalue weighted by atomic mass is 19.1. The Morgan fingerprint density at radius 1 is 1.04 bits per heavy atom. The van der Waals surface area contributed by atoms with Crippen molar-refractivity contribution in [2.45, 2.75) is 25.7 Å². The lowest BCUT2D eigenvalue weighted by atomic mass is 9.96. The molecular formula is C22H22FN5. The van der Waals surface area contributed by atoms with Crippen molar-refractivity contribution in [3.8, 4) is 11.1 Å². The van der Waals surface area contributed by atoms with Gasteiger partial charge in [0.1, 0.15) is 17.2 Å². The summed E-state index contributed by atoms with van der Waals surface area (Å²) in [7, 11) is 1.91. The maximum Gasteiger partial charge on any atom is 0.150 e. The second-order valence-electron chi connectivity index (χ2n) is 7.68. The van der Waals surface area contributed by atoms with Gasteiger partial charge in [0.05, 0.1) is 5.52 Å². The lowest BCUT2D eigenvalue weighted by molar-refractivity contribution is 0.445. The summed E-state index contributed by atoms with van der Waals surface area (Å²) in [6.45, 7) is 3.96. The summed E-state index contributed by atoms with van der Waals surface area (Å²) >= 11 is 0. The normalized spacial score (nSPS) is 15.5. The number of fused-ring (bicyclic) bond motifs is 2. The highest BCUT2D eigenvalue weighted by molar-refractivity contribution is 5.90. The molecule has 4 aromatic rings. The number of piperidine rings is 1. The molecule has 1 aliphatic rings. The molecule has 28 heavy (non-hydrogen) atoms. The molecule has 0 atom stereocenters. The summed E-state index contributed by atoms with van der Waals surface area (Å²) in [5.41, 5.74) is 4.26. The number of rotatable bonds is 2. The van der Waals surface area contributed by atoms with Crippen molar-refractivity contribution in [1.82, 2.24) is 25.1 Å². The monoisotopic (exact) mass is 375 g/mol. The molecule has 6 heteroatoms. The van der Waals surface area contributed by atoms with Crippen LogP contribution in [-0.4, -0.2) is 32.8 Å². The molecule has 1 aliphatic heterocycles. The topological polar surface area (TPSA) is 55.6 Å². The van der Waals surface area contributed by atoms with Crippen molar-refractivity contribution < 1.29 is 4.39 Å². The van der Waals surface area contributed by atoms with Crippen LogP contribution in [0, 0.1) is 12.7 Å². The minimum atomic E-state index is -0.297. The van der Waals surface area contributed by atoms with E-state index in [0.717, 1.165) is 64.7 Å². The molecule has 5 nitrogen and oxygen atoms in total. The van der Waals surface area contributed by atoms with Crippen LogP contribution in [0.1, 0.15) is 30.1 Å². The van der Waals surface area contributed by atoms with Crippen LogP contribution in [0.15, 0.2) is 36.7 Å². The first-order valence-electron chi connectivity index (χ1n) is 9.70. The maximum atomic E-state index is 15.0. The summed E-state index contributed by atoms with van der Waals surface area (Å²) in [6.07, 6.45) is 5.74. The number of aryl methyl sites for hydroxylation is 2. The Hall–Kier alpha value is -2.86. The van der Waals surface area contributed by atoms with Crippen LogP contribution in [0.25, 0.3) is 32.9 Å². The van der Waals surface area contributed by atoms with Crippen LogP contribution in [0.4, 0.5) is 4.39 Å². The van der Waals surface area contributed by atoms with E-state index in [1.54, 1.807) is 16.9 Å². The highest BCUT2D eigenvalue weighted by Gasteiger charge is 2.19. The molecule has 0 amide bonds. The number of benzene rings is 2. The van der Waals surface area contributed by atoms with Crippen molar-refractivity contribution in [2.24, 2.45) is 7.05 Å². The second kappa shape index (κ2) is 6.63. The fourth-order valence-electron chi connectivity index (χ4n) is 4.16. The van der Waals surface area contributed by atoms with Gasteiger partial charge in [-0.25, -0.2) is 14.4 Å². The first-order chi connectivity index (χ1) is 13.6. The Bertz CT molecular complexity index is 1190. The summed E-state index contributed by atoms with van der Waals surface area (Å²) < 4.78 is 16.8. The van der Waals surface area contributed by atoms with Gasteiger partial charge in [0, 0.05) is 36.1 Å². The molecule has 0 spiro atoms. The van der Waals surface area contributed by atoms with E-state index in [9.17, 15) is 4.39 Å². The molecule has 0 radical (unpaired) electrons. The number of nitrogens with one attached hydrogen (secondary N) is 1. The number of hydrogen-bond donors (Lipinski definition) is 1. The van der Waals surface area contributed by atoms with Gasteiger partial charge in [-0.05, 0) is 73.8 Å². The lowest BCUT2D eigenvalue weighted by Crippen LogP contribution is -2.27. The van der Waals surface area contributed by atoms with E-state index in [2.05, 4.69) is 32.5 Å². The van der Waals surface area contributed by atoms with Gasteiger partial charge >= 0.3 is 0 Å². The van der Waals surface area contributed by atoms with E-state index >= 15 is 0 Å². The highest BCUT2D eigenvalue weighted by Crippen LogP contribution is 2.31. The molecule has 0 saturated carbocycles. The Morgan fingerprint density at radius 2 is 1.79 bits per heavy atom. The quantitative estimate of drug-likeness (QED) is 0.573. The third-order valence-corrected chi connectivity index (χ3v) is 5.61. The van der Waals surface area contributed by atoms with Crippen LogP contribution in [0.2, 0.25) is 0 Å². The fourth-order valence-corrected chi connectivity index (χ4v) is 4.16. The third-order valence-electron chi connectivity index (χ3n) is 5.61. The third kappa shape index (κ3) is 2.94. The van der Waals surface area contributed by atoms with Gasteiger partial charge in [-0.3, -0.25) is 4.68 Å². The van der Waals surface area contributed by atoms with Gasteiger partial charge in [-0.2, -0.15) is 5.10 Å². The average molecular weight is 375 g/mol. The zero-order valence-electron chi connectivity index (χ0n) is 16.0. The van der Waals surface area contributed by atoms with Crippen molar-refractivity contribution >= 4 is 21.8 Å². The summed E-state index contributed by atoms with van der Waals surface area (Å²) in [5, 5.41) is 9.61. The molecule has 0 bridgehead atoms. The minimum Gasteiger partial charge on any atom is -0.317 e. The molecule has 1 saturated heterocycles. The Balaban J connectivity index is 1.59. The molecule has 0 aliphatic carbocycles. The van der Waals surface area contributed by atoms with Gasteiger partial charge in [-0.1, -0.05) is 0 Å². The first-order valence-corrected chi connectivity index (χ1v) is 9.70. The predicted octanol–water partition coefficient (Wildman–Crippen LogP) is 4.10. The molecule has 2 aromatic carbocycles. The van der Waals surface area contributed by atoms with E-state index in [4.69, 9.17) is 0 Å². The SMILES string of the molecule is Cc1cc(-c2cc(F)c3nc(C4CCNCC4)ncc3c2)cc2cn(C)nc12. The molecule has 5 rings (SSSR count). The molecular weight excluding hydrogens is 353 g/mol. The first kappa shape index (κ1) is 17.3. The van der Waals surface area contributed by atoms with Crippen molar-refractivity contribution in [3.05, 3.63) is 53.9 Å². The van der Waals surface area contributed by atoms with Crippen molar-refractivity contribution in [3.63, 3.8) is 0 Å². The van der Waals surface area contributed by atoms with E-state index in [0.29, 0.717) is 11.4 Å². The minimum absolute atomic E-state index is 0.297. The van der Waals surface area contributed by atoms with Crippen molar-refractivity contribution in [2.75, 3.05) is 13.1 Å². The molecule has 142 valence electrons. The number of halogens is 1. The summed E-state index contributed by atoms with van der Waals surface area (Å²) in [6, 6.07) is 7.67. The molecule has 3 heterocycles. The Labute approximate surface area is 162 Å². The standard InChI is InChI=1S/C22H22FN5/c1-13-7-15(9-18-12-28(2)27-20(13)18)16-8-17-11-25-22(14-3-5-24-6-4-14)26-21(17)19(23)10-16/h7-12,14,24H,3-6H2,1-2H3. The van der Waals surface area contributed by atoms with Crippen LogP contribution in [-0.2, 0) is 7.05 Å². The Morgan fingerprint density at radius 3 is 2.61 bits per heavy atom. The largest absolute Gasteiger partial charge is 0.317 e. The van der Waals surface area contributed by atoms with Gasteiger partial charge in [0.15, 0.2) is 0 Å². The fraction of sp³-hybridized carbons (Fsp3) is 0.318. The molecule has 0 unspecified atom stereocenters. The van der Waals surface area contributed by atoms with Crippen LogP contribution < -0.4 is 5.32 Å². The smallest absolute Gasteiger partial charge is 0.150 e. The maximum absolute atomic E-state index is 15.0. The number of aromatic nitrogens is 4. The molecule has 1 fully saturated rings. The van der Waals surface area contributed by atoms with Gasteiger partial charge in [0.25, 0.3) is 0 Å². The van der Waals surface area contributed by atoms with Gasteiger partial charge in [-0.15, -0.1) is 0 Å². The summed E-state index contributed by atoms with van der Waals surface area (Å²) in [4.78, 5) is 9.14. The van der Waals surface area contributed by atoms with E-state index in [-0.39, 0.29) is 5.82 Å². The second-order valence-corrected chi connectivity index (χ2v) is 7.68. The zero-order valence-corrected chi connectivity index (χ0v) is 16.0. The predicted molar refractivity (Wildman–Crippen MR) is 109 cm³/mol. The van der Waals surface area contributed by atoms with Crippen LogP contribution in [0.3, 0.4) is 0 Å². The van der Waals surface area contributed by atoms with E-state index < -0.39 is 0 Å². The number of nitrogens with zero attached hydrogens (tertiary/aromatic N) is 4. The molecule has 2 aromatic heterocycles. The van der Waals surface area contributed by atoms with E-state index in [1.165, 1.54) is 0 Å². The van der Waals surface area contributed by atoms with Gasteiger partial charge in [0.2, 0.25) is 0 Å².